The van der Waals surface area contributed by atoms with E-state index in [1.54, 1.807) is 17.5 Å². The number of halogens is 1. The molecule has 3 aromatic rings. The number of thiophene rings is 1. The second kappa shape index (κ2) is 4.86. The van der Waals surface area contributed by atoms with Crippen molar-refractivity contribution in [3.63, 3.8) is 0 Å². The molecule has 20 heavy (non-hydrogen) atoms. The zero-order valence-electron chi connectivity index (χ0n) is 10.1. The molecule has 0 aliphatic rings. The van der Waals surface area contributed by atoms with Crippen LogP contribution in [0.3, 0.4) is 0 Å². The Balaban J connectivity index is 2.03. The number of benzene rings is 1. The quantitative estimate of drug-likeness (QED) is 0.724. The molecule has 0 radical (unpaired) electrons. The molecule has 0 unspecified atom stereocenters. The lowest BCUT2D eigenvalue weighted by Crippen LogP contribution is -2.28. The second-order valence-corrected chi connectivity index (χ2v) is 4.90. The summed E-state index contributed by atoms with van der Waals surface area (Å²) in [5.74, 6) is -0.839. The number of carbonyl (C=O) groups is 1. The van der Waals surface area contributed by atoms with E-state index in [-0.39, 0.29) is 0 Å². The zero-order chi connectivity index (χ0) is 14.1. The first kappa shape index (κ1) is 12.5. The summed E-state index contributed by atoms with van der Waals surface area (Å²) in [6.45, 7) is 0. The van der Waals surface area contributed by atoms with Crippen LogP contribution >= 0.6 is 11.3 Å². The van der Waals surface area contributed by atoms with Crippen molar-refractivity contribution in [1.29, 1.82) is 0 Å². The van der Waals surface area contributed by atoms with Gasteiger partial charge in [-0.3, -0.25) is 4.79 Å². The van der Waals surface area contributed by atoms with Gasteiger partial charge in [0.05, 0.1) is 10.6 Å². The van der Waals surface area contributed by atoms with E-state index in [1.165, 1.54) is 35.6 Å². The predicted octanol–water partition coefficient (Wildman–Crippen LogP) is 1.92. The van der Waals surface area contributed by atoms with Crippen LogP contribution in [0.2, 0.25) is 0 Å². The summed E-state index contributed by atoms with van der Waals surface area (Å²) in [7, 11) is 0. The Morgan fingerprint density at radius 3 is 2.60 bits per heavy atom. The largest absolute Gasteiger partial charge is 0.357 e. The first-order chi connectivity index (χ1) is 9.66. The molecule has 0 bridgehead atoms. The highest BCUT2D eigenvalue weighted by atomic mass is 32.1. The average Bonchev–Trinajstić information content (AvgIpc) is 3.09. The van der Waals surface area contributed by atoms with Gasteiger partial charge in [0, 0.05) is 0 Å². The predicted molar refractivity (Wildman–Crippen MR) is 71.8 cm³/mol. The normalized spacial score (nSPS) is 10.7. The Morgan fingerprint density at radius 1 is 1.20 bits per heavy atom. The summed E-state index contributed by atoms with van der Waals surface area (Å²) >= 11 is 1.25. The van der Waals surface area contributed by atoms with Gasteiger partial charge in [-0.15, -0.1) is 11.3 Å². The van der Waals surface area contributed by atoms with Crippen LogP contribution in [0.4, 0.5) is 4.39 Å². The fraction of sp³-hybridized carbons (Fsp3) is 0. The molecule has 0 spiro atoms. The van der Waals surface area contributed by atoms with E-state index in [9.17, 15) is 14.0 Å². The smallest absolute Gasteiger partial charge is 0.267 e. The lowest BCUT2D eigenvalue weighted by molar-refractivity contribution is 0.0959. The Bertz CT molecular complexity index is 803. The van der Waals surface area contributed by atoms with Gasteiger partial charge in [0.2, 0.25) is 0 Å². The zero-order valence-corrected chi connectivity index (χ0v) is 10.9. The van der Waals surface area contributed by atoms with Gasteiger partial charge in [-0.25, -0.2) is 13.8 Å². The third kappa shape index (κ3) is 2.08. The molecule has 0 amide bonds. The molecular weight excluding hydrogens is 281 g/mol. The SMILES string of the molecule is O=C(c1cccs1)n1cnn(-c2ccc(F)cc2)c1=O. The van der Waals surface area contributed by atoms with Crippen molar-refractivity contribution in [3.8, 4) is 5.69 Å². The minimum atomic E-state index is -0.588. The van der Waals surface area contributed by atoms with Crippen molar-refractivity contribution < 1.29 is 9.18 Å². The molecule has 0 fully saturated rings. The molecule has 0 N–H and O–H groups in total. The van der Waals surface area contributed by atoms with Crippen molar-refractivity contribution in [2.24, 2.45) is 0 Å². The molecule has 3 rings (SSSR count). The van der Waals surface area contributed by atoms with Crippen molar-refractivity contribution in [2.45, 2.75) is 0 Å². The number of carbonyl (C=O) groups excluding carboxylic acids is 1. The number of hydrogen-bond donors (Lipinski definition) is 0. The highest BCUT2D eigenvalue weighted by Crippen LogP contribution is 2.10. The molecular formula is C13H8FN3O2S. The van der Waals surface area contributed by atoms with Crippen molar-refractivity contribution in [1.82, 2.24) is 14.3 Å². The maximum Gasteiger partial charge on any atom is 0.357 e. The first-order valence-electron chi connectivity index (χ1n) is 5.67. The molecule has 2 aromatic heterocycles. The van der Waals surface area contributed by atoms with Gasteiger partial charge in [-0.1, -0.05) is 6.07 Å². The van der Waals surface area contributed by atoms with Crippen LogP contribution in [-0.4, -0.2) is 20.3 Å². The summed E-state index contributed by atoms with van der Waals surface area (Å²) in [5, 5.41) is 5.63. The number of nitrogens with zero attached hydrogens (tertiary/aromatic N) is 3. The van der Waals surface area contributed by atoms with E-state index in [4.69, 9.17) is 0 Å². The Labute approximate surface area is 116 Å². The van der Waals surface area contributed by atoms with Gasteiger partial charge in [-0.2, -0.15) is 9.78 Å². The number of aromatic nitrogens is 3. The highest BCUT2D eigenvalue weighted by Gasteiger charge is 2.15. The molecule has 0 saturated carbocycles. The van der Waals surface area contributed by atoms with Gasteiger partial charge in [0.1, 0.15) is 12.1 Å². The van der Waals surface area contributed by atoms with Gasteiger partial charge in [-0.05, 0) is 35.7 Å². The summed E-state index contributed by atoms with van der Waals surface area (Å²) in [4.78, 5) is 24.7. The van der Waals surface area contributed by atoms with E-state index in [0.717, 1.165) is 15.6 Å². The minimum Gasteiger partial charge on any atom is -0.267 e. The molecule has 0 atom stereocenters. The number of rotatable bonds is 2. The van der Waals surface area contributed by atoms with E-state index in [2.05, 4.69) is 5.10 Å². The first-order valence-corrected chi connectivity index (χ1v) is 6.55. The van der Waals surface area contributed by atoms with Crippen LogP contribution in [0.5, 0.6) is 0 Å². The summed E-state index contributed by atoms with van der Waals surface area (Å²) in [5.41, 5.74) is -0.191. The lowest BCUT2D eigenvalue weighted by atomic mass is 10.3. The van der Waals surface area contributed by atoms with E-state index < -0.39 is 17.4 Å². The van der Waals surface area contributed by atoms with Crippen LogP contribution in [0, 0.1) is 5.82 Å². The third-order valence-corrected chi connectivity index (χ3v) is 3.55. The van der Waals surface area contributed by atoms with Gasteiger partial charge in [0.25, 0.3) is 5.91 Å². The fourth-order valence-corrected chi connectivity index (χ4v) is 2.38. The molecule has 100 valence electrons. The van der Waals surface area contributed by atoms with Crippen molar-refractivity contribution >= 4 is 17.2 Å². The topological polar surface area (TPSA) is 56.9 Å². The molecule has 0 aliphatic heterocycles. The Hall–Kier alpha value is -2.54. The molecule has 0 saturated heterocycles. The van der Waals surface area contributed by atoms with Crippen LogP contribution < -0.4 is 5.69 Å². The van der Waals surface area contributed by atoms with E-state index in [1.807, 2.05) is 0 Å². The average molecular weight is 289 g/mol. The third-order valence-electron chi connectivity index (χ3n) is 2.69. The van der Waals surface area contributed by atoms with Crippen LogP contribution in [0.15, 0.2) is 52.9 Å². The summed E-state index contributed by atoms with van der Waals surface area (Å²) in [6.07, 6.45) is 1.16. The number of hydrogen-bond acceptors (Lipinski definition) is 4. The van der Waals surface area contributed by atoms with Crippen LogP contribution in [-0.2, 0) is 0 Å². The van der Waals surface area contributed by atoms with E-state index in [0.29, 0.717) is 10.6 Å². The standard InChI is InChI=1S/C13H8FN3O2S/c14-9-3-5-10(6-4-9)17-13(19)16(8-15-17)12(18)11-2-1-7-20-11/h1-8H. The van der Waals surface area contributed by atoms with Crippen LogP contribution in [0.25, 0.3) is 5.69 Å². The highest BCUT2D eigenvalue weighted by molar-refractivity contribution is 7.12. The summed E-state index contributed by atoms with van der Waals surface area (Å²) in [6, 6.07) is 8.65. The monoisotopic (exact) mass is 289 g/mol. The van der Waals surface area contributed by atoms with E-state index >= 15 is 0 Å². The maximum absolute atomic E-state index is 12.9. The summed E-state index contributed by atoms with van der Waals surface area (Å²) < 4.78 is 14.8. The Morgan fingerprint density at radius 2 is 1.95 bits per heavy atom. The second-order valence-electron chi connectivity index (χ2n) is 3.95. The molecule has 5 nitrogen and oxygen atoms in total. The van der Waals surface area contributed by atoms with Crippen molar-refractivity contribution in [3.05, 3.63) is 69.3 Å². The lowest BCUT2D eigenvalue weighted by Gasteiger charge is -1.99. The Kier molecular flexibility index (Phi) is 3.03. The van der Waals surface area contributed by atoms with Gasteiger partial charge in [0.15, 0.2) is 0 Å². The van der Waals surface area contributed by atoms with Crippen LogP contribution in [0.1, 0.15) is 9.67 Å². The molecule has 0 aliphatic carbocycles. The molecule has 7 heteroatoms. The molecule has 1 aromatic carbocycles. The maximum atomic E-state index is 12.9. The van der Waals surface area contributed by atoms with Crippen molar-refractivity contribution in [2.75, 3.05) is 0 Å². The fourth-order valence-electron chi connectivity index (χ4n) is 1.72. The van der Waals surface area contributed by atoms with Gasteiger partial charge < -0.3 is 0 Å². The minimum absolute atomic E-state index is 0.397. The molecule has 2 heterocycles. The van der Waals surface area contributed by atoms with Gasteiger partial charge >= 0.3 is 5.69 Å².